The van der Waals surface area contributed by atoms with Crippen molar-refractivity contribution in [1.29, 1.82) is 5.26 Å². The number of para-hydroxylation sites is 1. The van der Waals surface area contributed by atoms with E-state index in [4.69, 9.17) is 16.3 Å². The van der Waals surface area contributed by atoms with Crippen LogP contribution in [0.15, 0.2) is 36.4 Å². The molecule has 2 aromatic carbocycles. The van der Waals surface area contributed by atoms with Crippen LogP contribution in [0.25, 0.3) is 0 Å². The average Bonchev–Trinajstić information content (AvgIpc) is 2.77. The zero-order chi connectivity index (χ0) is 27.2. The van der Waals surface area contributed by atoms with E-state index in [-0.39, 0.29) is 6.54 Å². The second-order valence-corrected chi connectivity index (χ2v) is 10.0. The first kappa shape index (κ1) is 28.7. The molecule has 2 aromatic rings. The minimum atomic E-state index is -1.16. The summed E-state index contributed by atoms with van der Waals surface area (Å²) in [6.07, 6.45) is -0.778. The summed E-state index contributed by atoms with van der Waals surface area (Å²) in [5.74, 6) is -1.15. The van der Waals surface area contributed by atoms with Crippen LogP contribution in [0.2, 0.25) is 5.02 Å². The molecule has 0 radical (unpaired) electrons. The fraction of sp³-hybridized carbons (Fsp3) is 0.407. The number of ether oxygens (including phenoxy) is 1. The van der Waals surface area contributed by atoms with Crippen LogP contribution in [-0.4, -0.2) is 41.0 Å². The van der Waals surface area contributed by atoms with Gasteiger partial charge in [-0.25, -0.2) is 4.79 Å². The van der Waals surface area contributed by atoms with Crippen LogP contribution in [0.1, 0.15) is 56.0 Å². The van der Waals surface area contributed by atoms with Gasteiger partial charge < -0.3 is 20.3 Å². The first-order valence-corrected chi connectivity index (χ1v) is 11.9. The van der Waals surface area contributed by atoms with E-state index >= 15 is 0 Å². The number of nitrogens with zero attached hydrogens (tertiary/aromatic N) is 2. The average molecular weight is 513 g/mol. The third kappa shape index (κ3) is 7.22. The van der Waals surface area contributed by atoms with Crippen LogP contribution < -0.4 is 10.6 Å². The summed E-state index contributed by atoms with van der Waals surface area (Å²) < 4.78 is 5.25. The molecule has 0 aliphatic heterocycles. The quantitative estimate of drug-likeness (QED) is 0.494. The molecule has 192 valence electrons. The van der Waals surface area contributed by atoms with Crippen molar-refractivity contribution < 1.29 is 19.1 Å². The molecule has 0 saturated carbocycles. The van der Waals surface area contributed by atoms with Gasteiger partial charge in [0.2, 0.25) is 5.91 Å². The third-order valence-corrected chi connectivity index (χ3v) is 5.91. The van der Waals surface area contributed by atoms with Gasteiger partial charge in [0.15, 0.2) is 0 Å². The number of nitriles is 1. The first-order chi connectivity index (χ1) is 16.8. The number of carbonyl (C=O) groups is 3. The lowest BCUT2D eigenvalue weighted by Gasteiger charge is -2.33. The van der Waals surface area contributed by atoms with Crippen molar-refractivity contribution in [1.82, 2.24) is 10.2 Å². The zero-order valence-corrected chi connectivity index (χ0v) is 22.5. The Bertz CT molecular complexity index is 1160. The second-order valence-electron chi connectivity index (χ2n) is 9.60. The van der Waals surface area contributed by atoms with Gasteiger partial charge in [-0.05, 0) is 76.8 Å². The maximum Gasteiger partial charge on any atom is 0.408 e. The number of benzene rings is 2. The first-order valence-electron chi connectivity index (χ1n) is 11.6. The van der Waals surface area contributed by atoms with Crippen molar-refractivity contribution in [2.75, 3.05) is 11.9 Å². The Morgan fingerprint density at radius 1 is 1.08 bits per heavy atom. The Kier molecular flexibility index (Phi) is 9.48. The van der Waals surface area contributed by atoms with E-state index in [0.717, 1.165) is 21.6 Å². The molecular formula is C27H33ClN4O4. The van der Waals surface area contributed by atoms with Gasteiger partial charge in [0.05, 0.1) is 16.8 Å². The molecule has 2 unspecified atom stereocenters. The predicted molar refractivity (Wildman–Crippen MR) is 140 cm³/mol. The molecule has 0 spiro atoms. The summed E-state index contributed by atoms with van der Waals surface area (Å²) in [5, 5.41) is 15.3. The number of hydrogen-bond donors (Lipinski definition) is 2. The molecular weight excluding hydrogens is 480 g/mol. The molecule has 0 bridgehead atoms. The van der Waals surface area contributed by atoms with Crippen molar-refractivity contribution in [2.24, 2.45) is 0 Å². The second kappa shape index (κ2) is 11.9. The highest BCUT2D eigenvalue weighted by Crippen LogP contribution is 2.31. The standard InChI is InChI=1S/C27H33ClN4O4/c1-16-10-8-12-20(18(16)3)23(24(33)31-22-17(2)11-9-13-21(22)28)32(15-14-29)25(34)19(4)30-26(35)36-27(5,6)7/h8-13,19,23H,15H2,1-7H3,(H,30,35)(H,31,33). The molecule has 0 aliphatic rings. The van der Waals surface area contributed by atoms with Gasteiger partial charge in [-0.15, -0.1) is 0 Å². The molecule has 9 heteroatoms. The van der Waals surface area contributed by atoms with Crippen LogP contribution in [0.5, 0.6) is 0 Å². The topological polar surface area (TPSA) is 112 Å². The molecule has 0 heterocycles. The summed E-state index contributed by atoms with van der Waals surface area (Å²) in [7, 11) is 0. The van der Waals surface area contributed by atoms with Gasteiger partial charge in [-0.2, -0.15) is 5.26 Å². The lowest BCUT2D eigenvalue weighted by molar-refractivity contribution is -0.139. The number of anilines is 1. The number of alkyl carbamates (subject to hydrolysis) is 1. The van der Waals surface area contributed by atoms with Crippen molar-refractivity contribution in [3.05, 3.63) is 63.7 Å². The number of nitrogens with one attached hydrogen (secondary N) is 2. The summed E-state index contributed by atoms with van der Waals surface area (Å²) in [6.45, 7) is 11.8. The van der Waals surface area contributed by atoms with Crippen LogP contribution in [-0.2, 0) is 14.3 Å². The van der Waals surface area contributed by atoms with E-state index in [1.807, 2.05) is 26.0 Å². The highest BCUT2D eigenvalue weighted by atomic mass is 35.5. The van der Waals surface area contributed by atoms with Gasteiger partial charge in [0.25, 0.3) is 5.91 Å². The summed E-state index contributed by atoms with van der Waals surface area (Å²) in [5.41, 5.74) is 2.69. The van der Waals surface area contributed by atoms with Crippen molar-refractivity contribution in [3.63, 3.8) is 0 Å². The third-order valence-electron chi connectivity index (χ3n) is 5.60. The molecule has 3 amide bonds. The van der Waals surface area contributed by atoms with E-state index in [1.165, 1.54) is 6.92 Å². The van der Waals surface area contributed by atoms with Gasteiger partial charge in [0.1, 0.15) is 24.2 Å². The Balaban J connectivity index is 2.51. The molecule has 36 heavy (non-hydrogen) atoms. The molecule has 0 aromatic heterocycles. The molecule has 8 nitrogen and oxygen atoms in total. The minimum absolute atomic E-state index is 0.348. The van der Waals surface area contributed by atoms with E-state index < -0.39 is 35.6 Å². The minimum Gasteiger partial charge on any atom is -0.444 e. The van der Waals surface area contributed by atoms with Crippen LogP contribution in [0, 0.1) is 32.1 Å². The molecule has 2 atom stereocenters. The Hall–Kier alpha value is -3.57. The van der Waals surface area contributed by atoms with Crippen LogP contribution in [0.3, 0.4) is 0 Å². The van der Waals surface area contributed by atoms with E-state index in [9.17, 15) is 19.6 Å². The van der Waals surface area contributed by atoms with Gasteiger partial charge in [-0.3, -0.25) is 9.59 Å². The Morgan fingerprint density at radius 3 is 2.28 bits per heavy atom. The number of carbonyl (C=O) groups excluding carboxylic acids is 3. The maximum atomic E-state index is 13.7. The van der Waals surface area contributed by atoms with E-state index in [1.54, 1.807) is 58.0 Å². The Morgan fingerprint density at radius 2 is 1.69 bits per heavy atom. The lowest BCUT2D eigenvalue weighted by atomic mass is 9.95. The highest BCUT2D eigenvalue weighted by molar-refractivity contribution is 6.34. The molecule has 2 N–H and O–H groups in total. The molecule has 0 aliphatic carbocycles. The van der Waals surface area contributed by atoms with Gasteiger partial charge in [-0.1, -0.05) is 41.9 Å². The van der Waals surface area contributed by atoms with Crippen LogP contribution >= 0.6 is 11.6 Å². The molecule has 2 rings (SSSR count). The maximum absolute atomic E-state index is 13.7. The molecule has 0 saturated heterocycles. The number of amides is 3. The largest absolute Gasteiger partial charge is 0.444 e. The molecule has 0 fully saturated rings. The highest BCUT2D eigenvalue weighted by Gasteiger charge is 2.36. The number of aryl methyl sites for hydroxylation is 2. The Labute approximate surface area is 217 Å². The SMILES string of the molecule is Cc1cccc(C(C(=O)Nc2c(C)cccc2Cl)N(CC#N)C(=O)C(C)NC(=O)OC(C)(C)C)c1C. The van der Waals surface area contributed by atoms with E-state index in [2.05, 4.69) is 10.6 Å². The summed E-state index contributed by atoms with van der Waals surface area (Å²) in [4.78, 5) is 40.7. The predicted octanol–water partition coefficient (Wildman–Crippen LogP) is 5.21. The number of hydrogen-bond acceptors (Lipinski definition) is 5. The van der Waals surface area contributed by atoms with E-state index in [0.29, 0.717) is 16.3 Å². The zero-order valence-electron chi connectivity index (χ0n) is 21.7. The number of rotatable bonds is 7. The normalized spacial score (nSPS) is 12.6. The monoisotopic (exact) mass is 512 g/mol. The van der Waals surface area contributed by atoms with Crippen molar-refractivity contribution >= 4 is 35.2 Å². The smallest absolute Gasteiger partial charge is 0.408 e. The van der Waals surface area contributed by atoms with Gasteiger partial charge in [0, 0.05) is 0 Å². The lowest BCUT2D eigenvalue weighted by Crippen LogP contribution is -2.51. The van der Waals surface area contributed by atoms with Crippen LogP contribution in [0.4, 0.5) is 10.5 Å². The van der Waals surface area contributed by atoms with Crippen molar-refractivity contribution in [2.45, 2.75) is 66.2 Å². The van der Waals surface area contributed by atoms with Gasteiger partial charge >= 0.3 is 6.09 Å². The van der Waals surface area contributed by atoms with Crippen molar-refractivity contribution in [3.8, 4) is 6.07 Å². The number of halogens is 1. The summed E-state index contributed by atoms with van der Waals surface area (Å²) >= 11 is 6.34. The fourth-order valence-corrected chi connectivity index (χ4v) is 3.94. The summed E-state index contributed by atoms with van der Waals surface area (Å²) in [6, 6.07) is 10.4. The fourth-order valence-electron chi connectivity index (χ4n) is 3.67.